The van der Waals surface area contributed by atoms with Crippen LogP contribution in [-0.2, 0) is 0 Å². The Labute approximate surface area is 103 Å². The molecule has 0 saturated heterocycles. The summed E-state index contributed by atoms with van der Waals surface area (Å²) >= 11 is 11.0. The molecule has 1 aromatic carbocycles. The maximum atomic E-state index is 10.8. The molecule has 0 bridgehead atoms. The Morgan fingerprint density at radius 2 is 1.76 bits per heavy atom. The summed E-state index contributed by atoms with van der Waals surface area (Å²) in [5.41, 5.74) is -2.51. The molecular formula is C8H3Cl2NO6. The molecule has 0 aliphatic heterocycles. The topological polar surface area (TPSA) is 118 Å². The summed E-state index contributed by atoms with van der Waals surface area (Å²) in [6.07, 6.45) is 0. The van der Waals surface area contributed by atoms with Gasteiger partial charge in [0.2, 0.25) is 0 Å². The molecule has 0 heterocycles. The summed E-state index contributed by atoms with van der Waals surface area (Å²) in [6.45, 7) is 0. The van der Waals surface area contributed by atoms with Crippen molar-refractivity contribution in [1.29, 1.82) is 0 Å². The van der Waals surface area contributed by atoms with E-state index in [2.05, 4.69) is 0 Å². The third kappa shape index (κ3) is 2.29. The molecule has 1 rings (SSSR count). The number of nitro benzene ring substituents is 1. The minimum absolute atomic E-state index is 0.564. The number of carboxylic acids is 2. The van der Waals surface area contributed by atoms with Crippen LogP contribution in [0.4, 0.5) is 5.69 Å². The van der Waals surface area contributed by atoms with Crippen LogP contribution in [0.15, 0.2) is 6.07 Å². The van der Waals surface area contributed by atoms with Gasteiger partial charge in [0.1, 0.15) is 5.02 Å². The van der Waals surface area contributed by atoms with Gasteiger partial charge in [-0.3, -0.25) is 10.1 Å². The second kappa shape index (κ2) is 4.56. The van der Waals surface area contributed by atoms with Gasteiger partial charge in [0.25, 0.3) is 0 Å². The van der Waals surface area contributed by atoms with Crippen LogP contribution in [0.5, 0.6) is 0 Å². The van der Waals surface area contributed by atoms with Crippen molar-refractivity contribution in [3.63, 3.8) is 0 Å². The van der Waals surface area contributed by atoms with Gasteiger partial charge in [-0.05, 0) is 6.07 Å². The lowest BCUT2D eigenvalue weighted by Gasteiger charge is -2.05. The first-order valence-corrected chi connectivity index (χ1v) is 4.66. The molecule has 0 fully saturated rings. The van der Waals surface area contributed by atoms with E-state index in [4.69, 9.17) is 33.4 Å². The lowest BCUT2D eigenvalue weighted by molar-refractivity contribution is -0.385. The highest BCUT2D eigenvalue weighted by Gasteiger charge is 2.31. The van der Waals surface area contributed by atoms with Gasteiger partial charge in [-0.1, -0.05) is 23.2 Å². The van der Waals surface area contributed by atoms with E-state index in [0.717, 1.165) is 6.07 Å². The van der Waals surface area contributed by atoms with Crippen molar-refractivity contribution in [2.75, 3.05) is 0 Å². The van der Waals surface area contributed by atoms with Crippen molar-refractivity contribution in [3.8, 4) is 0 Å². The van der Waals surface area contributed by atoms with Gasteiger partial charge < -0.3 is 10.2 Å². The average molecular weight is 280 g/mol. The van der Waals surface area contributed by atoms with Crippen molar-refractivity contribution in [2.24, 2.45) is 0 Å². The second-order valence-electron chi connectivity index (χ2n) is 2.81. The Morgan fingerprint density at radius 3 is 2.12 bits per heavy atom. The van der Waals surface area contributed by atoms with E-state index < -0.39 is 43.7 Å². The van der Waals surface area contributed by atoms with Crippen LogP contribution in [0.2, 0.25) is 10.0 Å². The quantitative estimate of drug-likeness (QED) is 0.647. The maximum absolute atomic E-state index is 10.8. The van der Waals surface area contributed by atoms with Crippen molar-refractivity contribution < 1.29 is 24.7 Å². The fourth-order valence-electron chi connectivity index (χ4n) is 1.14. The first-order valence-electron chi connectivity index (χ1n) is 3.90. The van der Waals surface area contributed by atoms with Gasteiger partial charge in [-0.25, -0.2) is 9.59 Å². The van der Waals surface area contributed by atoms with Gasteiger partial charge in [0.05, 0.1) is 15.5 Å². The molecule has 0 spiro atoms. The molecule has 7 nitrogen and oxygen atoms in total. The number of rotatable bonds is 3. The lowest BCUT2D eigenvalue weighted by atomic mass is 10.1. The molecule has 1 aromatic rings. The van der Waals surface area contributed by atoms with Gasteiger partial charge in [0.15, 0.2) is 5.56 Å². The first kappa shape index (κ1) is 13.2. The van der Waals surface area contributed by atoms with Crippen LogP contribution >= 0.6 is 23.2 Å². The van der Waals surface area contributed by atoms with Crippen molar-refractivity contribution >= 4 is 40.8 Å². The number of hydrogen-bond donors (Lipinski definition) is 2. The summed E-state index contributed by atoms with van der Waals surface area (Å²) in [6, 6.07) is 0.753. The molecule has 0 aromatic heterocycles. The van der Waals surface area contributed by atoms with Crippen LogP contribution in [0.3, 0.4) is 0 Å². The Balaban J connectivity index is 3.78. The summed E-state index contributed by atoms with van der Waals surface area (Å²) in [4.78, 5) is 31.1. The van der Waals surface area contributed by atoms with Gasteiger partial charge >= 0.3 is 17.6 Å². The highest BCUT2D eigenvalue weighted by molar-refractivity contribution is 6.39. The number of nitrogens with zero attached hydrogens (tertiary/aromatic N) is 1. The van der Waals surface area contributed by atoms with E-state index in [1.165, 1.54) is 0 Å². The van der Waals surface area contributed by atoms with E-state index in [1.54, 1.807) is 0 Å². The molecule has 0 radical (unpaired) electrons. The van der Waals surface area contributed by atoms with Gasteiger partial charge in [-0.2, -0.15) is 0 Å². The fourth-order valence-corrected chi connectivity index (χ4v) is 1.72. The van der Waals surface area contributed by atoms with Gasteiger partial charge in [-0.15, -0.1) is 0 Å². The molecule has 0 atom stereocenters. The molecule has 90 valence electrons. The minimum atomic E-state index is -1.67. The summed E-state index contributed by atoms with van der Waals surface area (Å²) in [5, 5.41) is 26.8. The normalized spacial score (nSPS) is 10.0. The second-order valence-corrected chi connectivity index (χ2v) is 3.60. The third-order valence-electron chi connectivity index (χ3n) is 1.82. The Kier molecular flexibility index (Phi) is 3.54. The van der Waals surface area contributed by atoms with E-state index in [-0.39, 0.29) is 0 Å². The van der Waals surface area contributed by atoms with Crippen LogP contribution in [0.1, 0.15) is 20.7 Å². The highest BCUT2D eigenvalue weighted by atomic mass is 35.5. The van der Waals surface area contributed by atoms with Gasteiger partial charge in [0, 0.05) is 0 Å². The largest absolute Gasteiger partial charge is 0.478 e. The number of carbonyl (C=O) groups is 2. The highest BCUT2D eigenvalue weighted by Crippen LogP contribution is 2.36. The fraction of sp³-hybridized carbons (Fsp3) is 0. The molecule has 9 heteroatoms. The zero-order chi connectivity index (χ0) is 13.3. The predicted molar refractivity (Wildman–Crippen MR) is 57.0 cm³/mol. The number of hydrogen-bond acceptors (Lipinski definition) is 4. The molecular weight excluding hydrogens is 277 g/mol. The van der Waals surface area contributed by atoms with Crippen LogP contribution in [0.25, 0.3) is 0 Å². The zero-order valence-electron chi connectivity index (χ0n) is 7.81. The number of benzene rings is 1. The van der Waals surface area contributed by atoms with Crippen molar-refractivity contribution in [2.45, 2.75) is 0 Å². The van der Waals surface area contributed by atoms with E-state index in [9.17, 15) is 19.7 Å². The number of nitro groups is 1. The SMILES string of the molecule is O=C(O)c1cc(Cl)c(C(=O)O)c([N+](=O)[O-])c1Cl. The molecule has 0 unspecified atom stereocenters. The Hall–Kier alpha value is -1.86. The monoisotopic (exact) mass is 279 g/mol. The Bertz CT molecular complexity index is 541. The van der Waals surface area contributed by atoms with E-state index in [1.807, 2.05) is 0 Å². The average Bonchev–Trinajstić information content (AvgIpc) is 2.18. The molecule has 0 amide bonds. The van der Waals surface area contributed by atoms with Crippen LogP contribution < -0.4 is 0 Å². The van der Waals surface area contributed by atoms with Crippen LogP contribution in [0, 0.1) is 10.1 Å². The molecule has 0 saturated carbocycles. The standard InChI is InChI=1S/C8H3Cl2NO6/c9-3-1-2(7(12)13)5(10)6(11(16)17)4(3)8(14)15/h1H,(H,12,13)(H,14,15). The van der Waals surface area contributed by atoms with Crippen LogP contribution in [-0.4, -0.2) is 27.1 Å². The summed E-state index contributed by atoms with van der Waals surface area (Å²) in [7, 11) is 0. The minimum Gasteiger partial charge on any atom is -0.478 e. The Morgan fingerprint density at radius 1 is 1.24 bits per heavy atom. The maximum Gasteiger partial charge on any atom is 0.344 e. The first-order chi connectivity index (χ1) is 7.77. The number of halogens is 2. The van der Waals surface area contributed by atoms with Crippen molar-refractivity contribution in [1.82, 2.24) is 0 Å². The summed E-state index contributed by atoms with van der Waals surface area (Å²) in [5.74, 6) is -3.21. The zero-order valence-corrected chi connectivity index (χ0v) is 9.32. The molecule has 17 heavy (non-hydrogen) atoms. The van der Waals surface area contributed by atoms with E-state index in [0.29, 0.717) is 0 Å². The molecule has 0 aliphatic rings. The lowest BCUT2D eigenvalue weighted by Crippen LogP contribution is -2.08. The summed E-state index contributed by atoms with van der Waals surface area (Å²) < 4.78 is 0. The smallest absolute Gasteiger partial charge is 0.344 e. The number of aromatic carboxylic acids is 2. The number of carboxylic acid groups (broad SMARTS) is 2. The van der Waals surface area contributed by atoms with Crippen molar-refractivity contribution in [3.05, 3.63) is 37.4 Å². The molecule has 0 aliphatic carbocycles. The van der Waals surface area contributed by atoms with E-state index >= 15 is 0 Å². The molecule has 2 N–H and O–H groups in total. The predicted octanol–water partition coefficient (Wildman–Crippen LogP) is 2.30. The third-order valence-corrected chi connectivity index (χ3v) is 2.50.